The first-order chi connectivity index (χ1) is 13.3. The molecule has 0 bridgehead atoms. The topological polar surface area (TPSA) is 15.3 Å². The van der Waals surface area contributed by atoms with Gasteiger partial charge in [0.05, 0.1) is 11.4 Å². The zero-order valence-corrected chi connectivity index (χ0v) is 16.9. The summed E-state index contributed by atoms with van der Waals surface area (Å²) in [6.45, 7) is 0.992. The predicted molar refractivity (Wildman–Crippen MR) is 118 cm³/mol. The summed E-state index contributed by atoms with van der Waals surface area (Å²) in [5.74, 6) is 1.09. The van der Waals surface area contributed by atoms with Crippen LogP contribution in [0.3, 0.4) is 0 Å². The van der Waals surface area contributed by atoms with E-state index in [1.165, 1.54) is 37.9 Å². The standard InChI is InChI=1S/C22H16N2S3/c25-21-14-6-1-2-7-15(14)22(24(21)12-13-26-22)16-8-5-11-19-20(16)23-17-9-3-4-10-18(17)27-19/h1-11,23H,12-13H2. The molecule has 1 fully saturated rings. The second kappa shape index (κ2) is 5.77. The molecule has 0 saturated carbocycles. The SMILES string of the molecule is S=C1c2ccccc2C2(c3cccc4c3Nc3ccccc3S4)SCCN12. The number of hydrogen-bond donors (Lipinski definition) is 1. The summed E-state index contributed by atoms with van der Waals surface area (Å²) in [5.41, 5.74) is 6.26. The van der Waals surface area contributed by atoms with Crippen molar-refractivity contribution < 1.29 is 0 Å². The van der Waals surface area contributed by atoms with Crippen molar-refractivity contribution in [3.05, 3.63) is 83.4 Å². The molecule has 3 aromatic rings. The molecule has 27 heavy (non-hydrogen) atoms. The number of fused-ring (bicyclic) bond motifs is 5. The van der Waals surface area contributed by atoms with Gasteiger partial charge in [0.25, 0.3) is 0 Å². The van der Waals surface area contributed by atoms with E-state index in [4.69, 9.17) is 12.2 Å². The normalized spacial score (nSPS) is 21.9. The monoisotopic (exact) mass is 404 g/mol. The van der Waals surface area contributed by atoms with Crippen LogP contribution < -0.4 is 5.32 Å². The Bertz CT molecular complexity index is 1110. The molecule has 1 unspecified atom stereocenters. The van der Waals surface area contributed by atoms with Crippen LogP contribution in [0.15, 0.2) is 76.5 Å². The molecule has 1 N–H and O–H groups in total. The molecular formula is C22H16N2S3. The van der Waals surface area contributed by atoms with Crippen molar-refractivity contribution in [1.82, 2.24) is 4.90 Å². The molecule has 132 valence electrons. The van der Waals surface area contributed by atoms with Gasteiger partial charge in [0.15, 0.2) is 0 Å². The molecule has 1 saturated heterocycles. The van der Waals surface area contributed by atoms with Crippen molar-refractivity contribution >= 4 is 52.1 Å². The third kappa shape index (κ3) is 2.08. The molecule has 0 amide bonds. The van der Waals surface area contributed by atoms with Crippen LogP contribution in [0.1, 0.15) is 16.7 Å². The minimum absolute atomic E-state index is 0.223. The first-order valence-corrected chi connectivity index (χ1v) is 11.2. The average molecular weight is 405 g/mol. The van der Waals surface area contributed by atoms with Gasteiger partial charge in [-0.25, -0.2) is 0 Å². The van der Waals surface area contributed by atoms with Gasteiger partial charge in [-0.05, 0) is 18.2 Å². The molecule has 0 radical (unpaired) electrons. The Kier molecular flexibility index (Phi) is 3.43. The van der Waals surface area contributed by atoms with Crippen LogP contribution in [0.5, 0.6) is 0 Å². The molecule has 3 aliphatic heterocycles. The van der Waals surface area contributed by atoms with Crippen LogP contribution in [0, 0.1) is 0 Å². The highest BCUT2D eigenvalue weighted by Gasteiger charge is 2.53. The number of benzene rings is 3. The first kappa shape index (κ1) is 16.0. The van der Waals surface area contributed by atoms with E-state index < -0.39 is 0 Å². The summed E-state index contributed by atoms with van der Waals surface area (Å²) in [6, 6.07) is 23.9. The van der Waals surface area contributed by atoms with Gasteiger partial charge in [-0.1, -0.05) is 72.5 Å². The highest BCUT2D eigenvalue weighted by atomic mass is 32.2. The lowest BCUT2D eigenvalue weighted by molar-refractivity contribution is 0.387. The average Bonchev–Trinajstić information content (AvgIpc) is 3.25. The molecule has 3 aromatic carbocycles. The molecule has 3 heterocycles. The molecule has 0 aliphatic carbocycles. The quantitative estimate of drug-likeness (QED) is 0.400. The molecule has 0 aromatic heterocycles. The Balaban J connectivity index is 1.60. The van der Waals surface area contributed by atoms with Crippen molar-refractivity contribution in [2.24, 2.45) is 0 Å². The summed E-state index contributed by atoms with van der Waals surface area (Å²) < 4.78 is 0. The van der Waals surface area contributed by atoms with Crippen LogP contribution in [-0.2, 0) is 4.87 Å². The van der Waals surface area contributed by atoms with E-state index in [-0.39, 0.29) is 4.87 Å². The van der Waals surface area contributed by atoms with Gasteiger partial charge in [0.2, 0.25) is 0 Å². The number of nitrogens with zero attached hydrogens (tertiary/aromatic N) is 1. The summed E-state index contributed by atoms with van der Waals surface area (Å²) in [7, 11) is 0. The number of hydrogen-bond acceptors (Lipinski definition) is 4. The predicted octanol–water partition coefficient (Wildman–Crippen LogP) is 5.83. The van der Waals surface area contributed by atoms with E-state index in [0.29, 0.717) is 0 Å². The van der Waals surface area contributed by atoms with Crippen molar-refractivity contribution in [3.63, 3.8) is 0 Å². The van der Waals surface area contributed by atoms with Crippen LogP contribution in [0.4, 0.5) is 11.4 Å². The minimum atomic E-state index is -0.223. The fourth-order valence-corrected chi connectivity index (χ4v) is 7.46. The third-order valence-corrected chi connectivity index (χ3v) is 8.57. The van der Waals surface area contributed by atoms with E-state index in [1.54, 1.807) is 0 Å². The van der Waals surface area contributed by atoms with E-state index in [2.05, 4.69) is 76.9 Å². The van der Waals surface area contributed by atoms with Crippen LogP contribution in [-0.4, -0.2) is 22.2 Å². The zero-order valence-electron chi connectivity index (χ0n) is 14.4. The van der Waals surface area contributed by atoms with Crippen molar-refractivity contribution in [2.45, 2.75) is 14.7 Å². The van der Waals surface area contributed by atoms with Gasteiger partial charge in [-0.2, -0.15) is 0 Å². The Morgan fingerprint density at radius 2 is 1.67 bits per heavy atom. The molecule has 2 nitrogen and oxygen atoms in total. The van der Waals surface area contributed by atoms with Crippen LogP contribution >= 0.6 is 35.7 Å². The molecule has 5 heteroatoms. The number of thiocarbonyl (C=S) groups is 1. The number of nitrogens with one attached hydrogen (secondary N) is 1. The largest absolute Gasteiger partial charge is 0.353 e. The summed E-state index contributed by atoms with van der Waals surface area (Å²) in [6.07, 6.45) is 0. The Hall–Kier alpha value is -1.95. The van der Waals surface area contributed by atoms with E-state index in [0.717, 1.165) is 17.3 Å². The van der Waals surface area contributed by atoms with Gasteiger partial charge in [-0.3, -0.25) is 0 Å². The maximum atomic E-state index is 5.89. The van der Waals surface area contributed by atoms with Crippen molar-refractivity contribution in [1.29, 1.82) is 0 Å². The summed E-state index contributed by atoms with van der Waals surface area (Å²) in [5, 5.41) is 3.73. The van der Waals surface area contributed by atoms with E-state index >= 15 is 0 Å². The van der Waals surface area contributed by atoms with Gasteiger partial charge >= 0.3 is 0 Å². The lowest BCUT2D eigenvalue weighted by atomic mass is 9.95. The fourth-order valence-electron chi connectivity index (χ4n) is 4.41. The van der Waals surface area contributed by atoms with Crippen molar-refractivity contribution in [2.75, 3.05) is 17.6 Å². The second-order valence-electron chi connectivity index (χ2n) is 6.90. The lowest BCUT2D eigenvalue weighted by Crippen LogP contribution is -2.38. The molecule has 0 spiro atoms. The van der Waals surface area contributed by atoms with Gasteiger partial charge in [0.1, 0.15) is 9.86 Å². The molecule has 3 aliphatic rings. The van der Waals surface area contributed by atoms with Gasteiger partial charge in [0, 0.05) is 38.8 Å². The molecular weight excluding hydrogens is 388 g/mol. The summed E-state index contributed by atoms with van der Waals surface area (Å²) in [4.78, 5) is 5.75. The Morgan fingerprint density at radius 1 is 0.889 bits per heavy atom. The van der Waals surface area contributed by atoms with Crippen molar-refractivity contribution in [3.8, 4) is 0 Å². The number of para-hydroxylation sites is 2. The minimum Gasteiger partial charge on any atom is -0.353 e. The van der Waals surface area contributed by atoms with Crippen LogP contribution in [0.2, 0.25) is 0 Å². The van der Waals surface area contributed by atoms with E-state index in [1.807, 2.05) is 23.5 Å². The van der Waals surface area contributed by atoms with Gasteiger partial charge in [-0.15, -0.1) is 11.8 Å². The smallest absolute Gasteiger partial charge is 0.141 e. The zero-order chi connectivity index (χ0) is 18.0. The van der Waals surface area contributed by atoms with Gasteiger partial charge < -0.3 is 10.2 Å². The van der Waals surface area contributed by atoms with E-state index in [9.17, 15) is 0 Å². The summed E-state index contributed by atoms with van der Waals surface area (Å²) >= 11 is 9.74. The molecule has 6 rings (SSSR count). The first-order valence-electron chi connectivity index (χ1n) is 9.02. The highest BCUT2D eigenvalue weighted by molar-refractivity contribution is 8.01. The highest BCUT2D eigenvalue weighted by Crippen LogP contribution is 2.59. The lowest BCUT2D eigenvalue weighted by Gasteiger charge is -2.36. The number of anilines is 2. The second-order valence-corrected chi connectivity index (χ2v) is 9.66. The Morgan fingerprint density at radius 3 is 2.63 bits per heavy atom. The fraction of sp³-hybridized carbons (Fsp3) is 0.136. The van der Waals surface area contributed by atoms with Crippen LogP contribution in [0.25, 0.3) is 0 Å². The Labute approximate surface area is 172 Å². The maximum absolute atomic E-state index is 5.89. The number of rotatable bonds is 1. The molecule has 1 atom stereocenters. The number of thioether (sulfide) groups is 1. The maximum Gasteiger partial charge on any atom is 0.141 e. The third-order valence-electron chi connectivity index (χ3n) is 5.53.